The van der Waals surface area contributed by atoms with Crippen molar-refractivity contribution in [2.45, 2.75) is 18.9 Å². The van der Waals surface area contributed by atoms with E-state index in [1.54, 1.807) is 18.6 Å². The lowest BCUT2D eigenvalue weighted by Crippen LogP contribution is -2.50. The maximum Gasteiger partial charge on any atom is 0.288 e. The summed E-state index contributed by atoms with van der Waals surface area (Å²) >= 11 is 0. The molecular formula is C19H18N4O2. The molecule has 6 nitrogen and oxygen atoms in total. The SMILES string of the molecule is Cc1ccc([C@@]2(NC(=O)c3ncc[nH]3)CCOc3cccnc32)cc1. The summed E-state index contributed by atoms with van der Waals surface area (Å²) < 4.78 is 5.76. The number of H-pyrrole nitrogens is 1. The molecule has 0 bridgehead atoms. The second-order valence-corrected chi connectivity index (χ2v) is 6.11. The Morgan fingerprint density at radius 3 is 2.80 bits per heavy atom. The number of nitrogens with zero attached hydrogens (tertiary/aromatic N) is 2. The van der Waals surface area contributed by atoms with Gasteiger partial charge in [0.25, 0.3) is 5.91 Å². The van der Waals surface area contributed by atoms with E-state index in [0.717, 1.165) is 11.1 Å². The van der Waals surface area contributed by atoms with Crippen LogP contribution >= 0.6 is 0 Å². The number of aromatic amines is 1. The minimum atomic E-state index is -0.758. The Morgan fingerprint density at radius 2 is 2.04 bits per heavy atom. The molecule has 3 heterocycles. The van der Waals surface area contributed by atoms with Gasteiger partial charge >= 0.3 is 0 Å². The number of aryl methyl sites for hydroxylation is 1. The Hall–Kier alpha value is -3.15. The van der Waals surface area contributed by atoms with Gasteiger partial charge in [-0.2, -0.15) is 0 Å². The highest BCUT2D eigenvalue weighted by Gasteiger charge is 2.42. The molecule has 1 amide bonds. The van der Waals surface area contributed by atoms with Crippen LogP contribution in [0.15, 0.2) is 55.0 Å². The van der Waals surface area contributed by atoms with Crippen molar-refractivity contribution in [3.63, 3.8) is 0 Å². The number of amides is 1. The van der Waals surface area contributed by atoms with Crippen molar-refractivity contribution in [2.24, 2.45) is 0 Å². The number of carbonyl (C=O) groups excluding carboxylic acids is 1. The van der Waals surface area contributed by atoms with Crippen LogP contribution in [0.2, 0.25) is 0 Å². The number of nitrogens with one attached hydrogen (secondary N) is 2. The van der Waals surface area contributed by atoms with Crippen LogP contribution in [0.3, 0.4) is 0 Å². The fourth-order valence-corrected chi connectivity index (χ4v) is 3.22. The first kappa shape index (κ1) is 15.4. The molecule has 2 N–H and O–H groups in total. The van der Waals surface area contributed by atoms with Crippen LogP contribution in [0.1, 0.15) is 33.9 Å². The highest BCUT2D eigenvalue weighted by atomic mass is 16.5. The molecule has 0 saturated carbocycles. The van der Waals surface area contributed by atoms with Gasteiger partial charge in [-0.25, -0.2) is 4.98 Å². The van der Waals surface area contributed by atoms with Crippen molar-refractivity contribution in [1.29, 1.82) is 0 Å². The zero-order valence-electron chi connectivity index (χ0n) is 13.8. The number of rotatable bonds is 3. The van der Waals surface area contributed by atoms with Crippen LogP contribution in [-0.4, -0.2) is 27.5 Å². The van der Waals surface area contributed by atoms with Crippen LogP contribution in [0, 0.1) is 6.92 Å². The Bertz CT molecular complexity index is 890. The third kappa shape index (κ3) is 2.65. The first-order valence-corrected chi connectivity index (χ1v) is 8.16. The van der Waals surface area contributed by atoms with Crippen molar-refractivity contribution >= 4 is 5.91 Å². The van der Waals surface area contributed by atoms with Gasteiger partial charge in [0.2, 0.25) is 0 Å². The van der Waals surface area contributed by atoms with Crippen molar-refractivity contribution in [3.05, 3.63) is 77.6 Å². The first-order chi connectivity index (χ1) is 12.2. The zero-order chi connectivity index (χ0) is 17.3. The van der Waals surface area contributed by atoms with E-state index in [2.05, 4.69) is 20.3 Å². The Morgan fingerprint density at radius 1 is 1.20 bits per heavy atom. The van der Waals surface area contributed by atoms with E-state index in [4.69, 9.17) is 4.74 Å². The summed E-state index contributed by atoms with van der Waals surface area (Å²) in [6.45, 7) is 2.53. The molecule has 1 aliphatic heterocycles. The molecule has 0 fully saturated rings. The van der Waals surface area contributed by atoms with E-state index in [0.29, 0.717) is 24.5 Å². The summed E-state index contributed by atoms with van der Waals surface area (Å²) in [7, 11) is 0. The molecule has 0 unspecified atom stereocenters. The maximum absolute atomic E-state index is 12.8. The fraction of sp³-hybridized carbons (Fsp3) is 0.211. The van der Waals surface area contributed by atoms with Gasteiger partial charge in [0.05, 0.1) is 6.61 Å². The number of benzene rings is 1. The quantitative estimate of drug-likeness (QED) is 0.771. The van der Waals surface area contributed by atoms with Crippen LogP contribution in [0.5, 0.6) is 5.75 Å². The largest absolute Gasteiger partial charge is 0.491 e. The molecule has 1 atom stereocenters. The highest BCUT2D eigenvalue weighted by molar-refractivity contribution is 5.91. The summed E-state index contributed by atoms with van der Waals surface area (Å²) in [5, 5.41) is 3.15. The van der Waals surface area contributed by atoms with Crippen molar-refractivity contribution in [1.82, 2.24) is 20.3 Å². The standard InChI is InChI=1S/C19H18N4O2/c1-13-4-6-14(7-5-13)19(23-18(24)17-21-10-11-22-17)8-12-25-15-3-2-9-20-16(15)19/h2-7,9-11H,8,12H2,1H3,(H,21,22)(H,23,24)/t19-/m0/s1. The van der Waals surface area contributed by atoms with Crippen molar-refractivity contribution in [3.8, 4) is 5.75 Å². The average Bonchev–Trinajstić information content (AvgIpc) is 3.17. The smallest absolute Gasteiger partial charge is 0.288 e. The molecule has 0 aliphatic carbocycles. The summed E-state index contributed by atoms with van der Waals surface area (Å²) in [6, 6.07) is 11.8. The molecule has 0 spiro atoms. The van der Waals surface area contributed by atoms with Gasteiger partial charge < -0.3 is 15.0 Å². The van der Waals surface area contributed by atoms with Crippen LogP contribution in [0.4, 0.5) is 0 Å². The minimum Gasteiger partial charge on any atom is -0.491 e. The predicted molar refractivity (Wildman–Crippen MR) is 92.4 cm³/mol. The summed E-state index contributed by atoms with van der Waals surface area (Å²) in [5.74, 6) is 0.689. The Labute approximate surface area is 145 Å². The van der Waals surface area contributed by atoms with Crippen LogP contribution < -0.4 is 10.1 Å². The molecule has 126 valence electrons. The first-order valence-electron chi connectivity index (χ1n) is 8.16. The summed E-state index contributed by atoms with van der Waals surface area (Å²) in [4.78, 5) is 24.2. The Kier molecular flexibility index (Phi) is 3.72. The van der Waals surface area contributed by atoms with E-state index in [1.807, 2.05) is 43.3 Å². The van der Waals surface area contributed by atoms with Crippen LogP contribution in [0.25, 0.3) is 0 Å². The highest BCUT2D eigenvalue weighted by Crippen LogP contribution is 2.40. The number of hydrogen-bond acceptors (Lipinski definition) is 4. The molecule has 3 aromatic rings. The second-order valence-electron chi connectivity index (χ2n) is 6.11. The molecule has 4 rings (SSSR count). The number of ether oxygens (including phenoxy) is 1. The number of aromatic nitrogens is 3. The number of imidazole rings is 1. The fourth-order valence-electron chi connectivity index (χ4n) is 3.22. The molecule has 1 aliphatic rings. The van der Waals surface area contributed by atoms with Crippen molar-refractivity contribution < 1.29 is 9.53 Å². The van der Waals surface area contributed by atoms with Gasteiger partial charge in [0.1, 0.15) is 17.0 Å². The summed E-state index contributed by atoms with van der Waals surface area (Å²) in [6.07, 6.45) is 5.50. The molecule has 1 aromatic carbocycles. The minimum absolute atomic E-state index is 0.274. The third-order valence-electron chi connectivity index (χ3n) is 4.49. The monoisotopic (exact) mass is 334 g/mol. The zero-order valence-corrected chi connectivity index (χ0v) is 13.8. The lowest BCUT2D eigenvalue weighted by Gasteiger charge is -2.38. The lowest BCUT2D eigenvalue weighted by atomic mass is 9.81. The molecule has 6 heteroatoms. The van der Waals surface area contributed by atoms with E-state index in [-0.39, 0.29) is 11.7 Å². The van der Waals surface area contributed by atoms with E-state index < -0.39 is 5.54 Å². The molecule has 25 heavy (non-hydrogen) atoms. The van der Waals surface area contributed by atoms with Crippen molar-refractivity contribution in [2.75, 3.05) is 6.61 Å². The maximum atomic E-state index is 12.8. The molecule has 0 saturated heterocycles. The van der Waals surface area contributed by atoms with Gasteiger partial charge in [0, 0.05) is 25.0 Å². The molecular weight excluding hydrogens is 316 g/mol. The van der Waals surface area contributed by atoms with E-state index in [9.17, 15) is 4.79 Å². The summed E-state index contributed by atoms with van der Waals surface area (Å²) in [5.41, 5.74) is 2.09. The normalized spacial score (nSPS) is 18.9. The number of carbonyl (C=O) groups is 1. The third-order valence-corrected chi connectivity index (χ3v) is 4.49. The average molecular weight is 334 g/mol. The lowest BCUT2D eigenvalue weighted by molar-refractivity contribution is 0.0874. The Balaban J connectivity index is 1.85. The van der Waals surface area contributed by atoms with Gasteiger partial charge in [-0.15, -0.1) is 0 Å². The van der Waals surface area contributed by atoms with E-state index >= 15 is 0 Å². The number of hydrogen-bond donors (Lipinski definition) is 2. The van der Waals surface area contributed by atoms with Gasteiger partial charge in [-0.3, -0.25) is 9.78 Å². The van der Waals surface area contributed by atoms with Gasteiger partial charge in [-0.1, -0.05) is 29.8 Å². The number of fused-ring (bicyclic) bond motifs is 1. The number of pyridine rings is 1. The molecule has 2 aromatic heterocycles. The van der Waals surface area contributed by atoms with E-state index in [1.165, 1.54) is 0 Å². The topological polar surface area (TPSA) is 79.9 Å². The van der Waals surface area contributed by atoms with Gasteiger partial charge in [-0.05, 0) is 24.6 Å². The van der Waals surface area contributed by atoms with Gasteiger partial charge in [0.15, 0.2) is 5.82 Å². The second kappa shape index (κ2) is 6.05. The predicted octanol–water partition coefficient (Wildman–Crippen LogP) is 2.57. The van der Waals surface area contributed by atoms with Crippen LogP contribution in [-0.2, 0) is 5.54 Å². The molecule has 0 radical (unpaired) electrons.